The molecule has 134 valence electrons. The molecular formula is C19H26N4O2. The molecule has 4 rings (SSSR count). The van der Waals surface area contributed by atoms with Crippen LogP contribution in [0.25, 0.3) is 0 Å². The molecule has 1 atom stereocenters. The van der Waals surface area contributed by atoms with Crippen molar-refractivity contribution in [1.29, 1.82) is 0 Å². The zero-order valence-electron chi connectivity index (χ0n) is 14.9. The quantitative estimate of drug-likeness (QED) is 0.852. The van der Waals surface area contributed by atoms with E-state index in [-0.39, 0.29) is 5.91 Å². The maximum absolute atomic E-state index is 12.9. The summed E-state index contributed by atoms with van der Waals surface area (Å²) in [5.74, 6) is 2.23. The molecule has 1 saturated heterocycles. The third-order valence-electron chi connectivity index (χ3n) is 5.59. The molecule has 3 heterocycles. The number of nitrogens with zero attached hydrogens (tertiary/aromatic N) is 4. The van der Waals surface area contributed by atoms with E-state index in [2.05, 4.69) is 21.5 Å². The standard InChI is InChI=1S/C19H26N4O2/c1-2-17-20-9-11-23(17)15-8-5-10-22(12-15)19(24)16-13-25-18(21-16)14-6-3-4-7-14/h9,11,13-15H,2-8,10,12H2,1H3/t15-/m1/s1. The van der Waals surface area contributed by atoms with Crippen molar-refractivity contribution < 1.29 is 9.21 Å². The van der Waals surface area contributed by atoms with Crippen LogP contribution in [0.15, 0.2) is 23.1 Å². The minimum absolute atomic E-state index is 0.00383. The molecule has 6 heteroatoms. The Bertz CT molecular complexity index is 729. The van der Waals surface area contributed by atoms with Gasteiger partial charge < -0.3 is 13.9 Å². The van der Waals surface area contributed by atoms with Crippen LogP contribution in [-0.2, 0) is 6.42 Å². The van der Waals surface area contributed by atoms with Gasteiger partial charge >= 0.3 is 0 Å². The Labute approximate surface area is 148 Å². The van der Waals surface area contributed by atoms with Gasteiger partial charge in [-0.3, -0.25) is 4.79 Å². The maximum Gasteiger partial charge on any atom is 0.275 e. The van der Waals surface area contributed by atoms with E-state index < -0.39 is 0 Å². The highest BCUT2D eigenvalue weighted by Crippen LogP contribution is 2.33. The molecule has 0 unspecified atom stereocenters. The number of amides is 1. The monoisotopic (exact) mass is 342 g/mol. The molecule has 1 aliphatic heterocycles. The van der Waals surface area contributed by atoms with Crippen LogP contribution in [0.4, 0.5) is 0 Å². The predicted octanol–water partition coefficient (Wildman–Crippen LogP) is 3.57. The number of aryl methyl sites for hydroxylation is 1. The number of aromatic nitrogens is 3. The Morgan fingerprint density at radius 2 is 2.12 bits per heavy atom. The molecule has 0 radical (unpaired) electrons. The van der Waals surface area contributed by atoms with E-state index >= 15 is 0 Å². The van der Waals surface area contributed by atoms with Crippen molar-refractivity contribution in [3.8, 4) is 0 Å². The number of carbonyl (C=O) groups is 1. The molecule has 2 aromatic heterocycles. The third-order valence-corrected chi connectivity index (χ3v) is 5.59. The normalized spacial score (nSPS) is 21.8. The van der Waals surface area contributed by atoms with Gasteiger partial charge in [-0.15, -0.1) is 0 Å². The molecule has 1 amide bonds. The minimum Gasteiger partial charge on any atom is -0.448 e. The number of piperidine rings is 1. The van der Waals surface area contributed by atoms with Crippen LogP contribution >= 0.6 is 0 Å². The van der Waals surface area contributed by atoms with Crippen LogP contribution in [0.5, 0.6) is 0 Å². The Hall–Kier alpha value is -2.11. The van der Waals surface area contributed by atoms with E-state index in [9.17, 15) is 4.79 Å². The van der Waals surface area contributed by atoms with Crippen molar-refractivity contribution in [2.45, 2.75) is 63.8 Å². The van der Waals surface area contributed by atoms with E-state index in [0.717, 1.165) is 50.4 Å². The van der Waals surface area contributed by atoms with Gasteiger partial charge in [0.2, 0.25) is 0 Å². The molecule has 0 N–H and O–H groups in total. The zero-order chi connectivity index (χ0) is 17.2. The Morgan fingerprint density at radius 3 is 2.92 bits per heavy atom. The maximum atomic E-state index is 12.9. The molecule has 6 nitrogen and oxygen atoms in total. The summed E-state index contributed by atoms with van der Waals surface area (Å²) in [5.41, 5.74) is 0.462. The average molecular weight is 342 g/mol. The van der Waals surface area contributed by atoms with E-state index in [1.165, 1.54) is 12.8 Å². The minimum atomic E-state index is -0.00383. The van der Waals surface area contributed by atoms with Crippen molar-refractivity contribution in [2.75, 3.05) is 13.1 Å². The summed E-state index contributed by atoms with van der Waals surface area (Å²) in [6, 6.07) is 0.302. The molecule has 2 aliphatic rings. The smallest absolute Gasteiger partial charge is 0.275 e. The third kappa shape index (κ3) is 3.22. The van der Waals surface area contributed by atoms with E-state index in [1.54, 1.807) is 6.26 Å². The second-order valence-electron chi connectivity index (χ2n) is 7.20. The Morgan fingerprint density at radius 1 is 1.28 bits per heavy atom. The van der Waals surface area contributed by atoms with Gasteiger partial charge in [0.05, 0.1) is 6.04 Å². The lowest BCUT2D eigenvalue weighted by Gasteiger charge is -2.33. The first-order valence-electron chi connectivity index (χ1n) is 9.52. The molecule has 0 bridgehead atoms. The average Bonchev–Trinajstić information content (AvgIpc) is 3.41. The summed E-state index contributed by atoms with van der Waals surface area (Å²) in [6.07, 6.45) is 13.1. The second-order valence-corrected chi connectivity index (χ2v) is 7.20. The number of imidazole rings is 1. The fourth-order valence-electron chi connectivity index (χ4n) is 4.22. The van der Waals surface area contributed by atoms with Crippen molar-refractivity contribution >= 4 is 5.91 Å². The lowest BCUT2D eigenvalue weighted by molar-refractivity contribution is 0.0672. The Kier molecular flexibility index (Phi) is 4.59. The molecule has 2 fully saturated rings. The van der Waals surface area contributed by atoms with Gasteiger partial charge in [-0.2, -0.15) is 0 Å². The van der Waals surface area contributed by atoms with Crippen LogP contribution in [0, 0.1) is 0 Å². The molecule has 2 aromatic rings. The summed E-state index contributed by atoms with van der Waals surface area (Å²) >= 11 is 0. The lowest BCUT2D eigenvalue weighted by Crippen LogP contribution is -2.41. The fraction of sp³-hybridized carbons (Fsp3) is 0.632. The second kappa shape index (κ2) is 7.02. The SMILES string of the molecule is CCc1nccn1[C@@H]1CCCN(C(=O)c2coc(C3CCCC3)n2)C1. The summed E-state index contributed by atoms with van der Waals surface area (Å²) in [4.78, 5) is 23.7. The first-order chi connectivity index (χ1) is 12.3. The number of rotatable bonds is 4. The molecular weight excluding hydrogens is 316 g/mol. The molecule has 25 heavy (non-hydrogen) atoms. The number of oxazole rings is 1. The van der Waals surface area contributed by atoms with Crippen LogP contribution in [-0.4, -0.2) is 38.4 Å². The lowest BCUT2D eigenvalue weighted by atomic mass is 10.0. The first kappa shape index (κ1) is 16.4. The molecule has 1 saturated carbocycles. The summed E-state index contributed by atoms with van der Waals surface area (Å²) in [7, 11) is 0. The van der Waals surface area contributed by atoms with Crippen molar-refractivity contribution in [3.05, 3.63) is 36.1 Å². The predicted molar refractivity (Wildman–Crippen MR) is 93.5 cm³/mol. The van der Waals surface area contributed by atoms with E-state index in [1.807, 2.05) is 17.3 Å². The largest absolute Gasteiger partial charge is 0.448 e. The Balaban J connectivity index is 1.46. The van der Waals surface area contributed by atoms with Gasteiger partial charge in [0.1, 0.15) is 12.1 Å². The zero-order valence-corrected chi connectivity index (χ0v) is 14.9. The highest BCUT2D eigenvalue weighted by Gasteiger charge is 2.29. The van der Waals surface area contributed by atoms with Crippen molar-refractivity contribution in [2.24, 2.45) is 0 Å². The van der Waals surface area contributed by atoms with Crippen LogP contribution < -0.4 is 0 Å². The molecule has 1 aliphatic carbocycles. The fourth-order valence-corrected chi connectivity index (χ4v) is 4.22. The van der Waals surface area contributed by atoms with Crippen molar-refractivity contribution in [3.63, 3.8) is 0 Å². The van der Waals surface area contributed by atoms with Gasteiger partial charge in [-0.05, 0) is 25.7 Å². The van der Waals surface area contributed by atoms with Gasteiger partial charge in [0, 0.05) is 37.8 Å². The van der Waals surface area contributed by atoms with Crippen LogP contribution in [0.3, 0.4) is 0 Å². The van der Waals surface area contributed by atoms with Crippen LogP contribution in [0.1, 0.15) is 79.6 Å². The van der Waals surface area contributed by atoms with Gasteiger partial charge in [-0.25, -0.2) is 9.97 Å². The van der Waals surface area contributed by atoms with Crippen LogP contribution in [0.2, 0.25) is 0 Å². The summed E-state index contributed by atoms with van der Waals surface area (Å²) in [5, 5.41) is 0. The first-order valence-corrected chi connectivity index (χ1v) is 9.52. The van der Waals surface area contributed by atoms with E-state index in [0.29, 0.717) is 24.2 Å². The number of hydrogen-bond acceptors (Lipinski definition) is 4. The van der Waals surface area contributed by atoms with E-state index in [4.69, 9.17) is 4.42 Å². The van der Waals surface area contributed by atoms with Crippen molar-refractivity contribution in [1.82, 2.24) is 19.4 Å². The van der Waals surface area contributed by atoms with Gasteiger partial charge in [-0.1, -0.05) is 19.8 Å². The molecule has 0 spiro atoms. The number of carbonyl (C=O) groups excluding carboxylic acids is 1. The number of likely N-dealkylation sites (tertiary alicyclic amines) is 1. The van der Waals surface area contributed by atoms with Gasteiger partial charge in [0.15, 0.2) is 11.6 Å². The highest BCUT2D eigenvalue weighted by atomic mass is 16.3. The highest BCUT2D eigenvalue weighted by molar-refractivity contribution is 5.92. The molecule has 0 aromatic carbocycles. The number of hydrogen-bond donors (Lipinski definition) is 0. The summed E-state index contributed by atoms with van der Waals surface area (Å²) < 4.78 is 7.85. The van der Waals surface area contributed by atoms with Gasteiger partial charge in [0.25, 0.3) is 5.91 Å². The topological polar surface area (TPSA) is 64.2 Å². The summed E-state index contributed by atoms with van der Waals surface area (Å²) in [6.45, 7) is 3.62.